The van der Waals surface area contributed by atoms with Gasteiger partial charge in [-0.1, -0.05) is 6.07 Å². The Bertz CT molecular complexity index is 605. The van der Waals surface area contributed by atoms with Crippen molar-refractivity contribution in [1.29, 1.82) is 0 Å². The van der Waals surface area contributed by atoms with Crippen molar-refractivity contribution in [2.24, 2.45) is 0 Å². The molecule has 2 aromatic heterocycles. The van der Waals surface area contributed by atoms with Crippen LogP contribution in [0.4, 0.5) is 5.95 Å². The van der Waals surface area contributed by atoms with E-state index in [1.54, 1.807) is 23.4 Å². The van der Waals surface area contributed by atoms with Crippen molar-refractivity contribution < 1.29 is 4.79 Å². The van der Waals surface area contributed by atoms with E-state index in [2.05, 4.69) is 27.6 Å². The average Bonchev–Trinajstić information content (AvgIpc) is 2.79. The summed E-state index contributed by atoms with van der Waals surface area (Å²) in [7, 11) is 0. The molecule has 5 nitrogen and oxygen atoms in total. The fourth-order valence-electron chi connectivity index (χ4n) is 2.02. The minimum Gasteiger partial charge on any atom is -0.280 e. The summed E-state index contributed by atoms with van der Waals surface area (Å²) in [5.41, 5.74) is 1.47. The summed E-state index contributed by atoms with van der Waals surface area (Å²) in [6.07, 6.45) is 3.79. The largest absolute Gasteiger partial charge is 0.280 e. The van der Waals surface area contributed by atoms with Gasteiger partial charge in [0.1, 0.15) is 0 Å². The zero-order valence-electron chi connectivity index (χ0n) is 10.1. The molecule has 3 heterocycles. The number of amides is 1. The minimum atomic E-state index is 0.0122. The van der Waals surface area contributed by atoms with Gasteiger partial charge in [0.2, 0.25) is 11.9 Å². The van der Waals surface area contributed by atoms with Gasteiger partial charge >= 0.3 is 0 Å². The number of rotatable bonds is 2. The Hall–Kier alpha value is -1.95. The maximum atomic E-state index is 11.8. The lowest BCUT2D eigenvalue weighted by atomic mass is 10.2. The minimum absolute atomic E-state index is 0.0122. The van der Waals surface area contributed by atoms with Crippen LogP contribution in [0.25, 0.3) is 11.4 Å². The van der Waals surface area contributed by atoms with E-state index in [9.17, 15) is 4.79 Å². The Morgan fingerprint density at radius 2 is 2.05 bits per heavy atom. The topological polar surface area (TPSA) is 59.0 Å². The van der Waals surface area contributed by atoms with Crippen molar-refractivity contribution in [2.75, 3.05) is 11.4 Å². The Balaban J connectivity index is 1.95. The van der Waals surface area contributed by atoms with Crippen LogP contribution in [0.2, 0.25) is 0 Å². The van der Waals surface area contributed by atoms with Crippen molar-refractivity contribution in [3.63, 3.8) is 0 Å². The number of carbonyl (C=O) groups is 1. The van der Waals surface area contributed by atoms with Gasteiger partial charge in [-0.25, -0.2) is 9.97 Å². The van der Waals surface area contributed by atoms with Crippen LogP contribution in [0.3, 0.4) is 0 Å². The molecule has 0 bridgehead atoms. The monoisotopic (exact) mass is 272 g/mol. The maximum absolute atomic E-state index is 11.8. The van der Waals surface area contributed by atoms with Crippen LogP contribution < -0.4 is 4.90 Å². The van der Waals surface area contributed by atoms with E-state index in [1.807, 2.05) is 18.2 Å². The fraction of sp³-hybridized carbons (Fsp3) is 0.231. The lowest BCUT2D eigenvalue weighted by molar-refractivity contribution is -0.117. The first-order chi connectivity index (χ1) is 9.24. The van der Waals surface area contributed by atoms with Gasteiger partial charge in [-0.05, 0) is 18.2 Å². The first-order valence-electron chi connectivity index (χ1n) is 5.97. The van der Waals surface area contributed by atoms with Crippen LogP contribution in [0.1, 0.15) is 6.42 Å². The Labute approximate surface area is 116 Å². The molecule has 0 N–H and O–H groups in total. The molecule has 0 saturated carbocycles. The van der Waals surface area contributed by atoms with E-state index >= 15 is 0 Å². The number of aromatic nitrogens is 3. The predicted molar refractivity (Wildman–Crippen MR) is 75.0 cm³/mol. The highest BCUT2D eigenvalue weighted by Crippen LogP contribution is 2.22. The molecule has 1 amide bonds. The zero-order valence-corrected chi connectivity index (χ0v) is 11.0. The summed E-state index contributed by atoms with van der Waals surface area (Å²) >= 11 is 4.33. The van der Waals surface area contributed by atoms with Gasteiger partial charge in [0.15, 0.2) is 0 Å². The summed E-state index contributed by atoms with van der Waals surface area (Å²) in [4.78, 5) is 26.2. The molecule has 1 aliphatic rings. The molecule has 0 aromatic carbocycles. The van der Waals surface area contributed by atoms with Gasteiger partial charge in [-0.3, -0.25) is 14.7 Å². The second kappa shape index (κ2) is 4.97. The lowest BCUT2D eigenvalue weighted by Gasteiger charge is -2.13. The first-order valence-corrected chi connectivity index (χ1v) is 6.48. The molecule has 0 spiro atoms. The average molecular weight is 272 g/mol. The molecule has 6 heteroatoms. The number of nitrogens with zero attached hydrogens (tertiary/aromatic N) is 4. The van der Waals surface area contributed by atoms with Crippen molar-refractivity contribution in [1.82, 2.24) is 15.0 Å². The van der Waals surface area contributed by atoms with Crippen LogP contribution >= 0.6 is 12.6 Å². The molecule has 19 heavy (non-hydrogen) atoms. The summed E-state index contributed by atoms with van der Waals surface area (Å²) in [5.74, 6) is 0.433. The molecule has 3 rings (SSSR count). The SMILES string of the molecule is O=C1CC(S)CN1c1nccc(-c2ccccn2)n1. The van der Waals surface area contributed by atoms with Crippen LogP contribution in [-0.2, 0) is 4.79 Å². The smallest absolute Gasteiger partial charge is 0.232 e. The predicted octanol–water partition coefficient (Wildman–Crippen LogP) is 1.57. The molecule has 96 valence electrons. The quantitative estimate of drug-likeness (QED) is 0.843. The highest BCUT2D eigenvalue weighted by molar-refractivity contribution is 7.81. The van der Waals surface area contributed by atoms with E-state index in [-0.39, 0.29) is 11.2 Å². The third-order valence-corrected chi connectivity index (χ3v) is 3.26. The molecule has 1 unspecified atom stereocenters. The van der Waals surface area contributed by atoms with Gasteiger partial charge in [0.25, 0.3) is 0 Å². The van der Waals surface area contributed by atoms with Gasteiger partial charge in [0, 0.05) is 30.6 Å². The van der Waals surface area contributed by atoms with Gasteiger partial charge in [-0.2, -0.15) is 12.6 Å². The van der Waals surface area contributed by atoms with Crippen LogP contribution in [-0.4, -0.2) is 32.7 Å². The van der Waals surface area contributed by atoms with Gasteiger partial charge in [-0.15, -0.1) is 0 Å². The normalized spacial score (nSPS) is 18.9. The Morgan fingerprint density at radius 3 is 2.74 bits per heavy atom. The summed E-state index contributed by atoms with van der Waals surface area (Å²) in [6, 6.07) is 7.40. The second-order valence-corrected chi connectivity index (χ2v) is 5.05. The van der Waals surface area contributed by atoms with E-state index in [4.69, 9.17) is 0 Å². The number of hydrogen-bond acceptors (Lipinski definition) is 5. The van der Waals surface area contributed by atoms with Crippen LogP contribution in [0.5, 0.6) is 0 Å². The molecule has 1 saturated heterocycles. The number of anilines is 1. The number of hydrogen-bond donors (Lipinski definition) is 1. The van der Waals surface area contributed by atoms with Gasteiger partial charge in [0.05, 0.1) is 11.4 Å². The first kappa shape index (κ1) is 12.1. The number of thiol groups is 1. The highest BCUT2D eigenvalue weighted by Gasteiger charge is 2.30. The van der Waals surface area contributed by atoms with Crippen LogP contribution in [0, 0.1) is 0 Å². The molecule has 2 aromatic rings. The number of carbonyl (C=O) groups excluding carboxylic acids is 1. The second-order valence-electron chi connectivity index (χ2n) is 4.32. The maximum Gasteiger partial charge on any atom is 0.232 e. The summed E-state index contributed by atoms with van der Waals surface area (Å²) < 4.78 is 0. The van der Waals surface area contributed by atoms with E-state index in [0.29, 0.717) is 24.6 Å². The van der Waals surface area contributed by atoms with E-state index in [1.165, 1.54) is 0 Å². The molecule has 0 aliphatic carbocycles. The zero-order chi connectivity index (χ0) is 13.2. The van der Waals surface area contributed by atoms with Crippen molar-refractivity contribution in [3.05, 3.63) is 36.7 Å². The van der Waals surface area contributed by atoms with Crippen molar-refractivity contribution in [2.45, 2.75) is 11.7 Å². The summed E-state index contributed by atoms with van der Waals surface area (Å²) in [5, 5.41) is 0.0506. The molecule has 1 fully saturated rings. The van der Waals surface area contributed by atoms with E-state index in [0.717, 1.165) is 5.69 Å². The van der Waals surface area contributed by atoms with Gasteiger partial charge < -0.3 is 0 Å². The Kier molecular flexibility index (Phi) is 3.16. The van der Waals surface area contributed by atoms with Crippen molar-refractivity contribution >= 4 is 24.5 Å². The van der Waals surface area contributed by atoms with E-state index < -0.39 is 0 Å². The lowest BCUT2D eigenvalue weighted by Crippen LogP contribution is -2.26. The highest BCUT2D eigenvalue weighted by atomic mass is 32.1. The van der Waals surface area contributed by atoms with Crippen LogP contribution in [0.15, 0.2) is 36.7 Å². The van der Waals surface area contributed by atoms with Crippen molar-refractivity contribution in [3.8, 4) is 11.4 Å². The Morgan fingerprint density at radius 1 is 1.16 bits per heavy atom. The molecular weight excluding hydrogens is 260 g/mol. The summed E-state index contributed by atoms with van der Waals surface area (Å²) in [6.45, 7) is 0.549. The third kappa shape index (κ3) is 2.44. The number of pyridine rings is 1. The molecule has 0 radical (unpaired) electrons. The molecule has 1 aliphatic heterocycles. The molecular formula is C13H12N4OS. The third-order valence-electron chi connectivity index (χ3n) is 2.92. The fourth-order valence-corrected chi connectivity index (χ4v) is 2.34. The standard InChI is InChI=1S/C13H12N4OS/c18-12-7-9(19)8-17(12)13-15-6-4-11(16-13)10-3-1-2-5-14-10/h1-6,9,19H,7-8H2. The molecule has 1 atom stereocenters.